The summed E-state index contributed by atoms with van der Waals surface area (Å²) < 4.78 is 13.7. The summed E-state index contributed by atoms with van der Waals surface area (Å²) in [4.78, 5) is 15.8. The van der Waals surface area contributed by atoms with Crippen LogP contribution in [-0.2, 0) is 0 Å². The van der Waals surface area contributed by atoms with Gasteiger partial charge in [-0.15, -0.1) is 0 Å². The van der Waals surface area contributed by atoms with Crippen LogP contribution < -0.4 is 4.90 Å². The summed E-state index contributed by atoms with van der Waals surface area (Å²) in [6.45, 7) is 0. The van der Waals surface area contributed by atoms with Crippen molar-refractivity contribution in [2.24, 2.45) is 5.41 Å². The molecule has 2 heterocycles. The highest BCUT2D eigenvalue weighted by atomic mass is 19.1. The number of rotatable bonds is 3. The highest BCUT2D eigenvalue weighted by molar-refractivity contribution is 6.04. The molecule has 0 spiro atoms. The van der Waals surface area contributed by atoms with Gasteiger partial charge in [0.1, 0.15) is 11.9 Å². The molecular weight excluding hydrogens is 401 g/mol. The smallest absolute Gasteiger partial charge is 0.185 e. The number of anilines is 1. The number of carbonyl (C=O) groups is 1. The lowest BCUT2D eigenvalue weighted by atomic mass is 9.69. The molecule has 1 saturated heterocycles. The minimum absolute atomic E-state index is 0.178. The Hall–Kier alpha value is -4.22. The molecular formula is C27H18FN3O. The lowest BCUT2D eigenvalue weighted by Gasteiger charge is -2.35. The van der Waals surface area contributed by atoms with Gasteiger partial charge in [-0.1, -0.05) is 72.8 Å². The Morgan fingerprint density at radius 2 is 1.56 bits per heavy atom. The number of benzene rings is 3. The van der Waals surface area contributed by atoms with Crippen LogP contribution in [0.3, 0.4) is 0 Å². The first-order chi connectivity index (χ1) is 15.6. The second kappa shape index (κ2) is 7.48. The summed E-state index contributed by atoms with van der Waals surface area (Å²) in [5, 5.41) is 20.7. The van der Waals surface area contributed by atoms with Crippen LogP contribution in [0, 0.1) is 33.9 Å². The Kier molecular flexibility index (Phi) is 4.61. The third kappa shape index (κ3) is 2.76. The Morgan fingerprint density at radius 3 is 2.25 bits per heavy atom. The zero-order valence-corrected chi connectivity index (χ0v) is 17.0. The Morgan fingerprint density at radius 1 is 0.906 bits per heavy atom. The van der Waals surface area contributed by atoms with Crippen molar-refractivity contribution >= 4 is 17.5 Å². The number of para-hydroxylation sites is 1. The third-order valence-electron chi connectivity index (χ3n) is 6.47. The van der Waals surface area contributed by atoms with Crippen LogP contribution in [0.5, 0.6) is 0 Å². The van der Waals surface area contributed by atoms with E-state index in [1.807, 2.05) is 47.4 Å². The molecule has 2 aliphatic rings. The van der Waals surface area contributed by atoms with Gasteiger partial charge >= 0.3 is 0 Å². The Labute approximate surface area is 185 Å². The van der Waals surface area contributed by atoms with Gasteiger partial charge in [-0.05, 0) is 29.3 Å². The number of carbonyl (C=O) groups excluding carboxylic acids is 1. The number of hydrogen-bond acceptors (Lipinski definition) is 4. The molecule has 3 aromatic carbocycles. The van der Waals surface area contributed by atoms with Crippen molar-refractivity contribution in [1.82, 2.24) is 0 Å². The predicted octanol–water partition coefficient (Wildman–Crippen LogP) is 5.11. The molecule has 4 nitrogen and oxygen atoms in total. The number of nitriles is 2. The molecule has 0 radical (unpaired) electrons. The molecule has 5 rings (SSSR count). The van der Waals surface area contributed by atoms with E-state index < -0.39 is 29.2 Å². The lowest BCUT2D eigenvalue weighted by Crippen LogP contribution is -2.44. The van der Waals surface area contributed by atoms with Crippen molar-refractivity contribution in [3.8, 4) is 12.1 Å². The number of halogens is 1. The summed E-state index contributed by atoms with van der Waals surface area (Å²) >= 11 is 0. The highest BCUT2D eigenvalue weighted by Gasteiger charge is 2.63. The fraction of sp³-hybridized carbons (Fsp3) is 0.148. The van der Waals surface area contributed by atoms with Crippen LogP contribution in [0.25, 0.3) is 6.08 Å². The minimum atomic E-state index is -1.53. The van der Waals surface area contributed by atoms with Gasteiger partial charge < -0.3 is 4.90 Å². The number of fused-ring (bicyclic) bond motifs is 3. The first-order valence-corrected chi connectivity index (χ1v) is 10.3. The van der Waals surface area contributed by atoms with Crippen molar-refractivity contribution in [3.63, 3.8) is 0 Å². The average molecular weight is 419 g/mol. The van der Waals surface area contributed by atoms with Gasteiger partial charge in [0, 0.05) is 17.2 Å². The normalized spacial score (nSPS) is 22.3. The van der Waals surface area contributed by atoms with E-state index in [0.717, 1.165) is 11.3 Å². The van der Waals surface area contributed by atoms with Crippen molar-refractivity contribution in [1.29, 1.82) is 10.5 Å². The van der Waals surface area contributed by atoms with Crippen molar-refractivity contribution in [2.45, 2.75) is 18.0 Å². The maximum atomic E-state index is 13.9. The van der Waals surface area contributed by atoms with Gasteiger partial charge in [0.05, 0.1) is 18.2 Å². The zero-order valence-electron chi connectivity index (χ0n) is 17.0. The van der Waals surface area contributed by atoms with Gasteiger partial charge in [-0.2, -0.15) is 10.5 Å². The zero-order chi connectivity index (χ0) is 22.3. The molecule has 1 fully saturated rings. The van der Waals surface area contributed by atoms with Gasteiger partial charge in [-0.3, -0.25) is 4.79 Å². The van der Waals surface area contributed by atoms with Crippen LogP contribution in [0.2, 0.25) is 0 Å². The molecule has 0 aromatic heterocycles. The van der Waals surface area contributed by atoms with Gasteiger partial charge in [0.15, 0.2) is 11.2 Å². The fourth-order valence-corrected chi connectivity index (χ4v) is 5.05. The van der Waals surface area contributed by atoms with Crippen LogP contribution in [0.15, 0.2) is 84.9 Å². The molecule has 2 aliphatic heterocycles. The van der Waals surface area contributed by atoms with Crippen LogP contribution in [-0.4, -0.2) is 17.9 Å². The molecule has 32 heavy (non-hydrogen) atoms. The fourth-order valence-electron chi connectivity index (χ4n) is 5.05. The van der Waals surface area contributed by atoms with Gasteiger partial charge in [0.25, 0.3) is 0 Å². The summed E-state index contributed by atoms with van der Waals surface area (Å²) in [7, 11) is 0. The van der Waals surface area contributed by atoms with Crippen molar-refractivity contribution in [2.75, 3.05) is 4.90 Å². The monoisotopic (exact) mass is 419 g/mol. The van der Waals surface area contributed by atoms with Crippen LogP contribution in [0.1, 0.15) is 27.4 Å². The maximum Gasteiger partial charge on any atom is 0.185 e. The molecule has 3 aromatic rings. The predicted molar refractivity (Wildman–Crippen MR) is 119 cm³/mol. The number of Topliss-reactive ketones (excluding diaryl/α,β-unsaturated/α-hetero) is 1. The van der Waals surface area contributed by atoms with E-state index in [9.17, 15) is 19.7 Å². The van der Waals surface area contributed by atoms with E-state index in [-0.39, 0.29) is 5.78 Å². The van der Waals surface area contributed by atoms with Crippen LogP contribution in [0.4, 0.5) is 10.1 Å². The van der Waals surface area contributed by atoms with Crippen molar-refractivity contribution in [3.05, 3.63) is 107 Å². The topological polar surface area (TPSA) is 67.9 Å². The SMILES string of the molecule is N#CC1(C#N)C(c2ccc(F)cc2)C(C(=O)c2ccccc2)N2c3ccccc3C=CC21. The van der Waals surface area contributed by atoms with E-state index in [0.29, 0.717) is 11.1 Å². The molecule has 0 amide bonds. The number of hydrogen-bond donors (Lipinski definition) is 0. The molecule has 0 bridgehead atoms. The molecule has 5 heteroatoms. The standard InChI is InChI=1S/C27H18FN3O/c28-21-13-10-19(11-14-21)24-25(26(32)20-7-2-1-3-8-20)31-22-9-5-4-6-18(22)12-15-23(31)27(24,16-29)17-30/h1-15,23-25H. The molecule has 154 valence electrons. The number of ketones is 1. The van der Waals surface area contributed by atoms with E-state index in [1.165, 1.54) is 12.1 Å². The average Bonchev–Trinajstić information content (AvgIpc) is 3.15. The Bertz CT molecular complexity index is 1290. The number of nitrogens with zero attached hydrogens (tertiary/aromatic N) is 3. The molecule has 0 N–H and O–H groups in total. The molecule has 3 atom stereocenters. The van der Waals surface area contributed by atoms with Gasteiger partial charge in [0.2, 0.25) is 0 Å². The quantitative estimate of drug-likeness (QED) is 0.553. The first-order valence-electron chi connectivity index (χ1n) is 10.3. The summed E-state index contributed by atoms with van der Waals surface area (Å²) in [6.07, 6.45) is 3.74. The van der Waals surface area contributed by atoms with Crippen molar-refractivity contribution < 1.29 is 9.18 Å². The summed E-state index contributed by atoms with van der Waals surface area (Å²) in [6, 6.07) is 25.4. The largest absolute Gasteiger partial charge is 0.351 e. The summed E-state index contributed by atoms with van der Waals surface area (Å²) in [5.74, 6) is -1.37. The summed E-state index contributed by atoms with van der Waals surface area (Å²) in [5.41, 5.74) is 1.27. The molecule has 0 aliphatic carbocycles. The second-order valence-electron chi connectivity index (χ2n) is 8.07. The van der Waals surface area contributed by atoms with E-state index in [2.05, 4.69) is 12.1 Å². The first kappa shape index (κ1) is 19.7. The maximum absolute atomic E-state index is 13.9. The van der Waals surface area contributed by atoms with Gasteiger partial charge in [-0.25, -0.2) is 4.39 Å². The molecule has 0 saturated carbocycles. The van der Waals surface area contributed by atoms with E-state index >= 15 is 0 Å². The van der Waals surface area contributed by atoms with Crippen LogP contribution >= 0.6 is 0 Å². The van der Waals surface area contributed by atoms with E-state index in [1.54, 1.807) is 36.4 Å². The third-order valence-corrected chi connectivity index (χ3v) is 6.47. The second-order valence-corrected chi connectivity index (χ2v) is 8.07. The highest BCUT2D eigenvalue weighted by Crippen LogP contribution is 2.55. The Balaban J connectivity index is 1.79. The van der Waals surface area contributed by atoms with E-state index in [4.69, 9.17) is 0 Å². The lowest BCUT2D eigenvalue weighted by molar-refractivity contribution is 0.0951. The minimum Gasteiger partial charge on any atom is -0.351 e. The molecule has 3 unspecified atom stereocenters.